The van der Waals surface area contributed by atoms with Gasteiger partial charge in [0.1, 0.15) is 12.1 Å². The summed E-state index contributed by atoms with van der Waals surface area (Å²) < 4.78 is 2.34. The molecular formula is C25H19N3. The van der Waals surface area contributed by atoms with Gasteiger partial charge in [-0.3, -0.25) is 4.57 Å². The van der Waals surface area contributed by atoms with Crippen molar-refractivity contribution < 1.29 is 0 Å². The summed E-state index contributed by atoms with van der Waals surface area (Å²) in [4.78, 5) is 9.22. The standard InChI is InChI=1S/C25H19N3/c1-25(2)19-12-6-3-9-16(19)23-22(25)18-11-5-8-14-21(18)28(23)24-17-10-4-7-13-20(17)26-15-27-24/h3-15H,1-2H3. The molecule has 0 unspecified atom stereocenters. The fourth-order valence-corrected chi connectivity index (χ4v) is 4.89. The molecule has 0 fully saturated rings. The molecule has 3 aromatic carbocycles. The molecule has 2 aromatic heterocycles. The number of fused-ring (bicyclic) bond motifs is 6. The van der Waals surface area contributed by atoms with Gasteiger partial charge in [0.2, 0.25) is 0 Å². The normalized spacial score (nSPS) is 14.4. The number of aromatic nitrogens is 3. The number of para-hydroxylation sites is 2. The second kappa shape index (κ2) is 5.29. The zero-order valence-corrected chi connectivity index (χ0v) is 15.8. The van der Waals surface area contributed by atoms with Gasteiger partial charge in [0.15, 0.2) is 0 Å². The third kappa shape index (κ3) is 1.83. The van der Waals surface area contributed by atoms with Crippen LogP contribution in [-0.4, -0.2) is 14.5 Å². The summed E-state index contributed by atoms with van der Waals surface area (Å²) in [5, 5.41) is 2.36. The highest BCUT2D eigenvalue weighted by Gasteiger charge is 2.40. The molecule has 0 amide bonds. The fourth-order valence-electron chi connectivity index (χ4n) is 4.89. The van der Waals surface area contributed by atoms with Gasteiger partial charge in [-0.15, -0.1) is 0 Å². The average Bonchev–Trinajstić information content (AvgIpc) is 3.19. The first-order chi connectivity index (χ1) is 13.7. The highest BCUT2D eigenvalue weighted by Crippen LogP contribution is 2.53. The molecule has 1 aliphatic rings. The first-order valence-corrected chi connectivity index (χ1v) is 9.62. The van der Waals surface area contributed by atoms with E-state index in [1.807, 2.05) is 12.1 Å². The van der Waals surface area contributed by atoms with Crippen molar-refractivity contribution in [3.8, 4) is 17.1 Å². The summed E-state index contributed by atoms with van der Waals surface area (Å²) in [7, 11) is 0. The molecule has 0 saturated heterocycles. The first kappa shape index (κ1) is 15.6. The Labute approximate surface area is 163 Å². The summed E-state index contributed by atoms with van der Waals surface area (Å²) in [6, 6.07) is 25.7. The van der Waals surface area contributed by atoms with Crippen molar-refractivity contribution in [1.29, 1.82) is 0 Å². The lowest BCUT2D eigenvalue weighted by molar-refractivity contribution is 0.666. The van der Waals surface area contributed by atoms with Crippen LogP contribution < -0.4 is 0 Å². The molecule has 0 aliphatic heterocycles. The monoisotopic (exact) mass is 361 g/mol. The van der Waals surface area contributed by atoms with Gasteiger partial charge in [0.05, 0.1) is 16.7 Å². The molecule has 3 heteroatoms. The molecule has 134 valence electrons. The third-order valence-corrected chi connectivity index (χ3v) is 6.09. The topological polar surface area (TPSA) is 30.7 Å². The molecule has 0 atom stereocenters. The summed E-state index contributed by atoms with van der Waals surface area (Å²) >= 11 is 0. The van der Waals surface area contributed by atoms with Crippen LogP contribution in [0, 0.1) is 0 Å². The van der Waals surface area contributed by atoms with E-state index in [4.69, 9.17) is 4.98 Å². The molecule has 0 N–H and O–H groups in total. The summed E-state index contributed by atoms with van der Waals surface area (Å²) in [5.74, 6) is 0.940. The number of rotatable bonds is 1. The SMILES string of the molecule is CC1(C)c2ccccc2-c2c1c1ccccc1n2-c1ncnc2ccccc12. The molecule has 0 bridgehead atoms. The predicted octanol–water partition coefficient (Wildman–Crippen LogP) is 5.88. The lowest BCUT2D eigenvalue weighted by atomic mass is 9.81. The molecule has 5 aromatic rings. The van der Waals surface area contributed by atoms with Crippen molar-refractivity contribution in [2.24, 2.45) is 0 Å². The molecule has 6 rings (SSSR count). The zero-order chi connectivity index (χ0) is 18.9. The predicted molar refractivity (Wildman–Crippen MR) is 114 cm³/mol. The zero-order valence-electron chi connectivity index (χ0n) is 15.8. The Morgan fingerprint density at radius 1 is 0.750 bits per heavy atom. The van der Waals surface area contributed by atoms with Crippen LogP contribution in [0.1, 0.15) is 25.0 Å². The Bertz CT molecular complexity index is 1390. The maximum atomic E-state index is 4.75. The van der Waals surface area contributed by atoms with Crippen molar-refractivity contribution in [2.45, 2.75) is 19.3 Å². The number of benzene rings is 3. The van der Waals surface area contributed by atoms with E-state index in [-0.39, 0.29) is 5.41 Å². The minimum absolute atomic E-state index is 0.0559. The highest BCUT2D eigenvalue weighted by atomic mass is 15.1. The highest BCUT2D eigenvalue weighted by molar-refractivity contribution is 6.01. The molecule has 28 heavy (non-hydrogen) atoms. The Kier molecular flexibility index (Phi) is 2.95. The van der Waals surface area contributed by atoms with E-state index in [9.17, 15) is 0 Å². The second-order valence-electron chi connectivity index (χ2n) is 7.96. The smallest absolute Gasteiger partial charge is 0.148 e. The van der Waals surface area contributed by atoms with Crippen molar-refractivity contribution in [1.82, 2.24) is 14.5 Å². The lowest BCUT2D eigenvalue weighted by Crippen LogP contribution is -2.14. The van der Waals surface area contributed by atoms with Gasteiger partial charge in [0, 0.05) is 21.8 Å². The number of nitrogens with zero attached hydrogens (tertiary/aromatic N) is 3. The molecular weight excluding hydrogens is 342 g/mol. The molecule has 0 spiro atoms. The van der Waals surface area contributed by atoms with Gasteiger partial charge in [0.25, 0.3) is 0 Å². The minimum Gasteiger partial charge on any atom is -0.293 e. The van der Waals surface area contributed by atoms with Crippen LogP contribution in [-0.2, 0) is 5.41 Å². The van der Waals surface area contributed by atoms with Crippen LogP contribution in [0.15, 0.2) is 79.1 Å². The molecule has 2 heterocycles. The quantitative estimate of drug-likeness (QED) is 0.373. The Morgan fingerprint density at radius 2 is 1.46 bits per heavy atom. The van der Waals surface area contributed by atoms with Crippen molar-refractivity contribution in [3.05, 3.63) is 90.3 Å². The molecule has 1 aliphatic carbocycles. The van der Waals surface area contributed by atoms with Crippen LogP contribution in [0.5, 0.6) is 0 Å². The van der Waals surface area contributed by atoms with Crippen molar-refractivity contribution in [2.75, 3.05) is 0 Å². The molecule has 0 radical (unpaired) electrons. The van der Waals surface area contributed by atoms with E-state index in [0.717, 1.165) is 16.7 Å². The van der Waals surface area contributed by atoms with E-state index in [1.165, 1.54) is 33.3 Å². The summed E-state index contributed by atoms with van der Waals surface area (Å²) in [5.41, 5.74) is 7.40. The van der Waals surface area contributed by atoms with Gasteiger partial charge in [-0.2, -0.15) is 0 Å². The van der Waals surface area contributed by atoms with Crippen LogP contribution in [0.25, 0.3) is 38.9 Å². The van der Waals surface area contributed by atoms with Crippen LogP contribution >= 0.6 is 0 Å². The minimum atomic E-state index is -0.0559. The van der Waals surface area contributed by atoms with E-state index in [1.54, 1.807) is 6.33 Å². The molecule has 0 saturated carbocycles. The lowest BCUT2D eigenvalue weighted by Gasteiger charge is -2.21. The Morgan fingerprint density at radius 3 is 2.36 bits per heavy atom. The average molecular weight is 361 g/mol. The van der Waals surface area contributed by atoms with Gasteiger partial charge < -0.3 is 0 Å². The summed E-state index contributed by atoms with van der Waals surface area (Å²) in [6.07, 6.45) is 1.67. The fraction of sp³-hybridized carbons (Fsp3) is 0.120. The maximum absolute atomic E-state index is 4.75. The van der Waals surface area contributed by atoms with Gasteiger partial charge in [-0.1, -0.05) is 68.4 Å². The second-order valence-corrected chi connectivity index (χ2v) is 7.96. The van der Waals surface area contributed by atoms with Crippen LogP contribution in [0.2, 0.25) is 0 Å². The summed E-state index contributed by atoms with van der Waals surface area (Å²) in [6.45, 7) is 4.65. The van der Waals surface area contributed by atoms with Crippen LogP contribution in [0.4, 0.5) is 0 Å². The number of hydrogen-bond acceptors (Lipinski definition) is 2. The van der Waals surface area contributed by atoms with Crippen molar-refractivity contribution in [3.63, 3.8) is 0 Å². The number of hydrogen-bond donors (Lipinski definition) is 0. The molecule has 3 nitrogen and oxygen atoms in total. The van der Waals surface area contributed by atoms with Crippen LogP contribution in [0.3, 0.4) is 0 Å². The Balaban J connectivity index is 1.85. The third-order valence-electron chi connectivity index (χ3n) is 6.09. The van der Waals surface area contributed by atoms with E-state index in [0.29, 0.717) is 0 Å². The van der Waals surface area contributed by atoms with Crippen molar-refractivity contribution >= 4 is 21.8 Å². The first-order valence-electron chi connectivity index (χ1n) is 9.62. The van der Waals surface area contributed by atoms with E-state index < -0.39 is 0 Å². The van der Waals surface area contributed by atoms with E-state index >= 15 is 0 Å². The largest absolute Gasteiger partial charge is 0.293 e. The van der Waals surface area contributed by atoms with Gasteiger partial charge >= 0.3 is 0 Å². The van der Waals surface area contributed by atoms with E-state index in [2.05, 4.69) is 84.1 Å². The Hall–Kier alpha value is -3.46. The van der Waals surface area contributed by atoms with Gasteiger partial charge in [-0.25, -0.2) is 9.97 Å². The maximum Gasteiger partial charge on any atom is 0.148 e. The van der Waals surface area contributed by atoms with Gasteiger partial charge in [-0.05, 0) is 29.3 Å².